The largest absolute Gasteiger partial charge is 0.481 e. The molecular formula is C29H40BN3O5. The Bertz CT molecular complexity index is 1220. The summed E-state index contributed by atoms with van der Waals surface area (Å²) in [4.78, 5) is 30.9. The van der Waals surface area contributed by atoms with Gasteiger partial charge in [0.2, 0.25) is 5.91 Å². The number of aromatic nitrogens is 1. The third-order valence-electron chi connectivity index (χ3n) is 9.23. The van der Waals surface area contributed by atoms with Gasteiger partial charge in [-0.2, -0.15) is 0 Å². The molecule has 3 saturated carbocycles. The Balaban J connectivity index is 1.30. The molecule has 4 fully saturated rings. The number of amides is 2. The molecule has 6 rings (SSSR count). The van der Waals surface area contributed by atoms with Crippen molar-refractivity contribution >= 4 is 29.8 Å². The van der Waals surface area contributed by atoms with Crippen LogP contribution in [0.3, 0.4) is 0 Å². The number of nitrogens with one attached hydrogen (secondary N) is 2. The Labute approximate surface area is 225 Å². The molecule has 1 saturated heterocycles. The Kier molecular flexibility index (Phi) is 7.07. The van der Waals surface area contributed by atoms with Crippen LogP contribution in [0.1, 0.15) is 71.3 Å². The van der Waals surface area contributed by atoms with E-state index in [1.165, 1.54) is 6.92 Å². The molecule has 1 aromatic heterocycles. The molecule has 204 valence electrons. The van der Waals surface area contributed by atoms with Gasteiger partial charge in [-0.25, -0.2) is 4.98 Å². The number of benzene rings is 1. The molecule has 2 aromatic rings. The van der Waals surface area contributed by atoms with Gasteiger partial charge in [0, 0.05) is 5.39 Å². The van der Waals surface area contributed by atoms with E-state index in [1.54, 1.807) is 6.07 Å². The van der Waals surface area contributed by atoms with E-state index in [0.717, 1.165) is 18.2 Å². The third kappa shape index (κ3) is 4.73. The molecule has 1 aromatic carbocycles. The van der Waals surface area contributed by atoms with Crippen LogP contribution >= 0.6 is 0 Å². The topological polar surface area (TPSA) is 110 Å². The van der Waals surface area contributed by atoms with Crippen molar-refractivity contribution in [2.75, 3.05) is 0 Å². The standard InChI is InChI=1S/C29H40BN3O5/c1-16(2)13-24(30-37-23-15-19-14-22(28(19,4)5)29(23,6)38-30)32-27(36)25(17(3)34)33-26(35)21-12-11-18-9-7-8-10-20(18)31-21/h7-12,16-17,19,22-25,34H,13-15H2,1-6H3,(H,32,36)(H,33,35)/t17-,19+,22+,23-,24+,25+,29+/m1/s1. The van der Waals surface area contributed by atoms with Crippen molar-refractivity contribution in [3.05, 3.63) is 42.1 Å². The molecule has 9 heteroatoms. The molecule has 2 heterocycles. The van der Waals surface area contributed by atoms with E-state index in [0.29, 0.717) is 23.8 Å². The van der Waals surface area contributed by atoms with E-state index < -0.39 is 37.0 Å². The third-order valence-corrected chi connectivity index (χ3v) is 9.23. The van der Waals surface area contributed by atoms with Gasteiger partial charge in [-0.3, -0.25) is 9.59 Å². The summed E-state index contributed by atoms with van der Waals surface area (Å²) in [5.74, 6) is -0.0953. The van der Waals surface area contributed by atoms with Crippen LogP contribution in [-0.4, -0.2) is 58.8 Å². The van der Waals surface area contributed by atoms with Gasteiger partial charge in [0.05, 0.1) is 29.3 Å². The van der Waals surface area contributed by atoms with Crippen LogP contribution in [0.4, 0.5) is 0 Å². The molecule has 0 radical (unpaired) electrons. The van der Waals surface area contributed by atoms with E-state index in [9.17, 15) is 14.7 Å². The first kappa shape index (κ1) is 27.1. The highest BCUT2D eigenvalue weighted by Gasteiger charge is 2.68. The second-order valence-corrected chi connectivity index (χ2v) is 12.7. The van der Waals surface area contributed by atoms with Gasteiger partial charge in [0.15, 0.2) is 0 Å². The Hall–Kier alpha value is -2.49. The quantitative estimate of drug-likeness (QED) is 0.459. The van der Waals surface area contributed by atoms with Crippen LogP contribution in [0, 0.1) is 23.2 Å². The number of nitrogens with zero attached hydrogens (tertiary/aromatic N) is 1. The lowest BCUT2D eigenvalue weighted by molar-refractivity contribution is -0.199. The maximum atomic E-state index is 13.5. The Morgan fingerprint density at radius 3 is 2.53 bits per heavy atom. The normalized spacial score (nSPS) is 29.8. The van der Waals surface area contributed by atoms with Crippen LogP contribution in [-0.2, 0) is 14.1 Å². The summed E-state index contributed by atoms with van der Waals surface area (Å²) < 4.78 is 13.1. The van der Waals surface area contributed by atoms with Crippen LogP contribution in [0.15, 0.2) is 36.4 Å². The molecule has 2 amide bonds. The number of carbonyl (C=O) groups excluding carboxylic acids is 2. The fraction of sp³-hybridized carbons (Fsp3) is 0.621. The van der Waals surface area contributed by atoms with Crippen molar-refractivity contribution < 1.29 is 24.0 Å². The molecule has 38 heavy (non-hydrogen) atoms. The van der Waals surface area contributed by atoms with Crippen molar-refractivity contribution in [2.24, 2.45) is 23.2 Å². The summed E-state index contributed by atoms with van der Waals surface area (Å²) in [6, 6.07) is 9.77. The van der Waals surface area contributed by atoms with Crippen LogP contribution < -0.4 is 10.6 Å². The number of pyridine rings is 1. The zero-order valence-corrected chi connectivity index (χ0v) is 23.2. The molecule has 3 aliphatic carbocycles. The molecule has 8 nitrogen and oxygen atoms in total. The zero-order valence-electron chi connectivity index (χ0n) is 23.2. The minimum Gasteiger partial charge on any atom is -0.404 e. The number of rotatable bonds is 8. The first-order valence-corrected chi connectivity index (χ1v) is 13.9. The van der Waals surface area contributed by atoms with Gasteiger partial charge in [0.25, 0.3) is 5.91 Å². The maximum Gasteiger partial charge on any atom is 0.481 e. The SMILES string of the molecule is CC(C)C[C@H](NC(=O)[C@@H](NC(=O)c1ccc2ccccc2n1)[C@@H](C)O)B1O[C@@H]2C[C@@H]3C[C@@H](C3(C)C)[C@]2(C)O1. The summed E-state index contributed by atoms with van der Waals surface area (Å²) in [6.07, 6.45) is 1.64. The smallest absolute Gasteiger partial charge is 0.404 e. The highest BCUT2D eigenvalue weighted by atomic mass is 16.7. The molecule has 1 aliphatic heterocycles. The highest BCUT2D eigenvalue weighted by Crippen LogP contribution is 2.65. The van der Waals surface area contributed by atoms with Crippen molar-refractivity contribution in [1.82, 2.24) is 15.6 Å². The summed E-state index contributed by atoms with van der Waals surface area (Å²) in [7, 11) is -0.584. The minimum atomic E-state index is -1.16. The minimum absolute atomic E-state index is 0.00193. The van der Waals surface area contributed by atoms with Crippen LogP contribution in [0.25, 0.3) is 10.9 Å². The molecular weight excluding hydrogens is 481 g/mol. The fourth-order valence-electron chi connectivity index (χ4n) is 6.90. The summed E-state index contributed by atoms with van der Waals surface area (Å²) in [6.45, 7) is 12.5. The van der Waals surface area contributed by atoms with Crippen molar-refractivity contribution in [3.63, 3.8) is 0 Å². The van der Waals surface area contributed by atoms with Crippen molar-refractivity contribution in [1.29, 1.82) is 0 Å². The predicted octanol–water partition coefficient (Wildman–Crippen LogP) is 3.51. The number of aliphatic hydroxyl groups is 1. The maximum absolute atomic E-state index is 13.5. The summed E-state index contributed by atoms with van der Waals surface area (Å²) in [5.41, 5.74) is 0.699. The number of hydrogen-bond donors (Lipinski definition) is 3. The average molecular weight is 521 g/mol. The van der Waals surface area contributed by atoms with Crippen LogP contribution in [0.5, 0.6) is 0 Å². The number of para-hydroxylation sites is 1. The molecule has 0 spiro atoms. The highest BCUT2D eigenvalue weighted by molar-refractivity contribution is 6.48. The van der Waals surface area contributed by atoms with Crippen LogP contribution in [0.2, 0.25) is 0 Å². The summed E-state index contributed by atoms with van der Waals surface area (Å²) >= 11 is 0. The second-order valence-electron chi connectivity index (χ2n) is 12.7. The van der Waals surface area contributed by atoms with Gasteiger partial charge in [-0.1, -0.05) is 52.0 Å². The van der Waals surface area contributed by atoms with E-state index in [1.807, 2.05) is 30.3 Å². The van der Waals surface area contributed by atoms with E-state index in [4.69, 9.17) is 9.31 Å². The van der Waals surface area contributed by atoms with Gasteiger partial charge < -0.3 is 25.0 Å². The molecule has 0 unspecified atom stereocenters. The second kappa shape index (κ2) is 9.92. The van der Waals surface area contributed by atoms with E-state index >= 15 is 0 Å². The average Bonchev–Trinajstić information content (AvgIpc) is 3.23. The van der Waals surface area contributed by atoms with Crippen molar-refractivity contribution in [3.8, 4) is 0 Å². The molecule has 2 bridgehead atoms. The first-order valence-electron chi connectivity index (χ1n) is 13.9. The molecule has 4 aliphatic rings. The fourth-order valence-corrected chi connectivity index (χ4v) is 6.90. The number of hydrogen-bond acceptors (Lipinski definition) is 6. The van der Waals surface area contributed by atoms with Gasteiger partial charge >= 0.3 is 7.12 Å². The van der Waals surface area contributed by atoms with Gasteiger partial charge in [-0.05, 0) is 68.4 Å². The Morgan fingerprint density at radius 1 is 1.11 bits per heavy atom. The van der Waals surface area contributed by atoms with Gasteiger partial charge in [0.1, 0.15) is 11.7 Å². The van der Waals surface area contributed by atoms with Crippen molar-refractivity contribution in [2.45, 2.75) is 90.6 Å². The number of carbonyl (C=O) groups is 2. The Morgan fingerprint density at radius 2 is 1.84 bits per heavy atom. The zero-order chi connectivity index (χ0) is 27.4. The number of fused-ring (bicyclic) bond motifs is 1. The monoisotopic (exact) mass is 521 g/mol. The lowest BCUT2D eigenvalue weighted by Gasteiger charge is -2.64. The first-order chi connectivity index (χ1) is 17.9. The number of aliphatic hydroxyl groups excluding tert-OH is 1. The lowest BCUT2D eigenvalue weighted by Crippen LogP contribution is -2.65. The van der Waals surface area contributed by atoms with E-state index in [-0.39, 0.29) is 28.7 Å². The molecule has 3 N–H and O–H groups in total. The molecule has 7 atom stereocenters. The van der Waals surface area contributed by atoms with Gasteiger partial charge in [-0.15, -0.1) is 0 Å². The lowest BCUT2D eigenvalue weighted by atomic mass is 9.43. The predicted molar refractivity (Wildman–Crippen MR) is 146 cm³/mol. The summed E-state index contributed by atoms with van der Waals surface area (Å²) in [5, 5.41) is 17.1. The van der Waals surface area contributed by atoms with E-state index in [2.05, 4.69) is 50.2 Å².